The van der Waals surface area contributed by atoms with Crippen LogP contribution in [0.2, 0.25) is 5.02 Å². The summed E-state index contributed by atoms with van der Waals surface area (Å²) in [6.07, 6.45) is 0.170. The monoisotopic (exact) mass is 275 g/mol. The second-order valence-electron chi connectivity index (χ2n) is 4.73. The van der Waals surface area contributed by atoms with Gasteiger partial charge < -0.3 is 10.5 Å². The van der Waals surface area contributed by atoms with E-state index in [1.54, 1.807) is 0 Å². The van der Waals surface area contributed by atoms with Gasteiger partial charge in [0.2, 0.25) is 0 Å². The van der Waals surface area contributed by atoms with Crippen LogP contribution >= 0.6 is 11.6 Å². The predicted octanol–water partition coefficient (Wildman–Crippen LogP) is 4.18. The Bertz CT molecular complexity index is 537. The van der Waals surface area contributed by atoms with Crippen molar-refractivity contribution in [1.29, 1.82) is 0 Å². The standard InChI is InChI=1S/C16H18ClNO/c1-11(2)19-13-9-7-12(8-10-13)16(18)14-5-3-4-6-15(14)17/h3-11,16H,18H2,1-2H3. The number of hydrogen-bond donors (Lipinski definition) is 1. The summed E-state index contributed by atoms with van der Waals surface area (Å²) in [5.41, 5.74) is 8.19. The molecule has 2 rings (SSSR count). The van der Waals surface area contributed by atoms with Crippen molar-refractivity contribution in [1.82, 2.24) is 0 Å². The Balaban J connectivity index is 2.20. The zero-order chi connectivity index (χ0) is 13.8. The number of halogens is 1. The second-order valence-corrected chi connectivity index (χ2v) is 5.14. The summed E-state index contributed by atoms with van der Waals surface area (Å²) in [5, 5.41) is 0.692. The van der Waals surface area contributed by atoms with Crippen molar-refractivity contribution in [2.75, 3.05) is 0 Å². The lowest BCUT2D eigenvalue weighted by molar-refractivity contribution is 0.242. The summed E-state index contributed by atoms with van der Waals surface area (Å²) < 4.78 is 5.61. The highest BCUT2D eigenvalue weighted by Gasteiger charge is 2.12. The van der Waals surface area contributed by atoms with Crippen LogP contribution in [0.25, 0.3) is 0 Å². The maximum absolute atomic E-state index is 6.24. The van der Waals surface area contributed by atoms with Gasteiger partial charge in [0, 0.05) is 5.02 Å². The van der Waals surface area contributed by atoms with Gasteiger partial charge in [-0.25, -0.2) is 0 Å². The predicted molar refractivity (Wildman–Crippen MR) is 79.7 cm³/mol. The number of nitrogens with two attached hydrogens (primary N) is 1. The molecule has 0 radical (unpaired) electrons. The van der Waals surface area contributed by atoms with Gasteiger partial charge >= 0.3 is 0 Å². The molecule has 1 unspecified atom stereocenters. The minimum absolute atomic E-state index is 0.170. The average Bonchev–Trinajstić information content (AvgIpc) is 2.39. The van der Waals surface area contributed by atoms with Crippen molar-refractivity contribution in [3.05, 3.63) is 64.7 Å². The highest BCUT2D eigenvalue weighted by molar-refractivity contribution is 6.31. The van der Waals surface area contributed by atoms with E-state index in [0.717, 1.165) is 16.9 Å². The molecule has 100 valence electrons. The van der Waals surface area contributed by atoms with Crippen LogP contribution in [0.15, 0.2) is 48.5 Å². The Morgan fingerprint density at radius 2 is 1.63 bits per heavy atom. The third-order valence-electron chi connectivity index (χ3n) is 2.85. The number of rotatable bonds is 4. The number of benzene rings is 2. The molecule has 2 aromatic carbocycles. The van der Waals surface area contributed by atoms with Crippen molar-refractivity contribution in [2.45, 2.75) is 26.0 Å². The average molecular weight is 276 g/mol. The Hall–Kier alpha value is -1.51. The summed E-state index contributed by atoms with van der Waals surface area (Å²) in [4.78, 5) is 0. The quantitative estimate of drug-likeness (QED) is 0.909. The molecule has 0 fully saturated rings. The molecule has 2 nitrogen and oxygen atoms in total. The molecular formula is C16H18ClNO. The largest absolute Gasteiger partial charge is 0.491 e. The van der Waals surface area contributed by atoms with Crippen LogP contribution in [0.1, 0.15) is 31.0 Å². The Kier molecular flexibility index (Phi) is 4.46. The van der Waals surface area contributed by atoms with E-state index in [1.165, 1.54) is 0 Å². The molecule has 3 heteroatoms. The van der Waals surface area contributed by atoms with Crippen molar-refractivity contribution < 1.29 is 4.74 Å². The third kappa shape index (κ3) is 3.49. The first kappa shape index (κ1) is 13.9. The van der Waals surface area contributed by atoms with Gasteiger partial charge in [-0.1, -0.05) is 41.9 Å². The highest BCUT2D eigenvalue weighted by Crippen LogP contribution is 2.27. The van der Waals surface area contributed by atoms with Crippen LogP contribution in [-0.4, -0.2) is 6.10 Å². The van der Waals surface area contributed by atoms with Crippen LogP contribution in [0.3, 0.4) is 0 Å². The number of hydrogen-bond acceptors (Lipinski definition) is 2. The van der Waals surface area contributed by atoms with E-state index in [-0.39, 0.29) is 12.1 Å². The first-order valence-electron chi connectivity index (χ1n) is 6.34. The van der Waals surface area contributed by atoms with Gasteiger partial charge in [0.1, 0.15) is 5.75 Å². The fraction of sp³-hybridized carbons (Fsp3) is 0.250. The molecule has 0 aliphatic heterocycles. The first-order valence-corrected chi connectivity index (χ1v) is 6.72. The molecule has 0 spiro atoms. The lowest BCUT2D eigenvalue weighted by Gasteiger charge is -2.15. The van der Waals surface area contributed by atoms with Gasteiger partial charge in [-0.05, 0) is 43.2 Å². The van der Waals surface area contributed by atoms with Gasteiger partial charge in [-0.15, -0.1) is 0 Å². The Morgan fingerprint density at radius 1 is 1.00 bits per heavy atom. The van der Waals surface area contributed by atoms with Gasteiger partial charge in [0.25, 0.3) is 0 Å². The van der Waals surface area contributed by atoms with E-state index < -0.39 is 0 Å². The molecule has 19 heavy (non-hydrogen) atoms. The maximum atomic E-state index is 6.24. The molecule has 0 amide bonds. The van der Waals surface area contributed by atoms with Crippen LogP contribution in [0, 0.1) is 0 Å². The van der Waals surface area contributed by atoms with Crippen molar-refractivity contribution in [2.24, 2.45) is 5.73 Å². The lowest BCUT2D eigenvalue weighted by Crippen LogP contribution is -2.12. The van der Waals surface area contributed by atoms with E-state index in [0.29, 0.717) is 5.02 Å². The smallest absolute Gasteiger partial charge is 0.119 e. The van der Waals surface area contributed by atoms with E-state index in [1.807, 2.05) is 62.4 Å². The molecule has 0 bridgehead atoms. The highest BCUT2D eigenvalue weighted by atomic mass is 35.5. The zero-order valence-electron chi connectivity index (χ0n) is 11.1. The second kappa shape index (κ2) is 6.09. The van der Waals surface area contributed by atoms with Gasteiger partial charge in [-0.2, -0.15) is 0 Å². The first-order chi connectivity index (χ1) is 9.08. The fourth-order valence-corrected chi connectivity index (χ4v) is 2.19. The number of ether oxygens (including phenoxy) is 1. The van der Waals surface area contributed by atoms with Gasteiger partial charge in [0.15, 0.2) is 0 Å². The maximum Gasteiger partial charge on any atom is 0.119 e. The van der Waals surface area contributed by atoms with Gasteiger partial charge in [-0.3, -0.25) is 0 Å². The van der Waals surface area contributed by atoms with Crippen LogP contribution in [0.5, 0.6) is 5.75 Å². The molecular weight excluding hydrogens is 258 g/mol. The minimum Gasteiger partial charge on any atom is -0.491 e. The van der Waals surface area contributed by atoms with E-state index in [9.17, 15) is 0 Å². The fourth-order valence-electron chi connectivity index (χ4n) is 1.93. The molecule has 2 aromatic rings. The molecule has 1 atom stereocenters. The van der Waals surface area contributed by atoms with E-state index >= 15 is 0 Å². The van der Waals surface area contributed by atoms with Crippen molar-refractivity contribution in [3.8, 4) is 5.75 Å². The molecule has 0 saturated carbocycles. The van der Waals surface area contributed by atoms with Crippen LogP contribution in [0.4, 0.5) is 0 Å². The molecule has 0 heterocycles. The summed E-state index contributed by atoms with van der Waals surface area (Å²) in [5.74, 6) is 0.852. The SMILES string of the molecule is CC(C)Oc1ccc(C(N)c2ccccc2Cl)cc1. The van der Waals surface area contributed by atoms with Crippen LogP contribution in [-0.2, 0) is 0 Å². The molecule has 0 aliphatic carbocycles. The Labute approximate surface area is 119 Å². The minimum atomic E-state index is -0.221. The summed E-state index contributed by atoms with van der Waals surface area (Å²) >= 11 is 6.16. The Morgan fingerprint density at radius 3 is 2.21 bits per heavy atom. The molecule has 2 N–H and O–H groups in total. The van der Waals surface area contributed by atoms with Gasteiger partial charge in [0.05, 0.1) is 12.1 Å². The summed E-state index contributed by atoms with van der Waals surface area (Å²) in [6, 6.07) is 15.3. The zero-order valence-corrected chi connectivity index (χ0v) is 11.9. The van der Waals surface area contributed by atoms with Crippen molar-refractivity contribution >= 4 is 11.6 Å². The van der Waals surface area contributed by atoms with Crippen molar-refractivity contribution in [3.63, 3.8) is 0 Å². The topological polar surface area (TPSA) is 35.2 Å². The summed E-state index contributed by atoms with van der Waals surface area (Å²) in [7, 11) is 0. The lowest BCUT2D eigenvalue weighted by atomic mass is 9.99. The third-order valence-corrected chi connectivity index (χ3v) is 3.20. The molecule has 0 aromatic heterocycles. The van der Waals surface area contributed by atoms with Crippen LogP contribution < -0.4 is 10.5 Å². The summed E-state index contributed by atoms with van der Waals surface area (Å²) in [6.45, 7) is 4.01. The normalized spacial score (nSPS) is 12.5. The molecule has 0 saturated heterocycles. The van der Waals surface area contributed by atoms with E-state index in [4.69, 9.17) is 22.1 Å². The molecule has 0 aliphatic rings. The van der Waals surface area contributed by atoms with E-state index in [2.05, 4.69) is 0 Å².